The minimum absolute atomic E-state index is 0.0141. The van der Waals surface area contributed by atoms with Crippen LogP contribution in [0.1, 0.15) is 13.3 Å². The summed E-state index contributed by atoms with van der Waals surface area (Å²) in [6.45, 7) is 2.36. The van der Waals surface area contributed by atoms with Crippen molar-refractivity contribution in [3.8, 4) is 0 Å². The number of ether oxygens (including phenoxy) is 1. The Bertz CT molecular complexity index is 140. The molecule has 5 heteroatoms. The molecule has 0 radical (unpaired) electrons. The number of amides is 1. The highest BCUT2D eigenvalue weighted by Gasteiger charge is 2.04. The molecule has 0 saturated carbocycles. The fourth-order valence-corrected chi connectivity index (χ4v) is 0.769. The van der Waals surface area contributed by atoms with E-state index in [0.717, 1.165) is 0 Å². The lowest BCUT2D eigenvalue weighted by molar-refractivity contribution is 0.117. The number of rotatable bonds is 6. The first-order valence-electron chi connectivity index (χ1n) is 4.33. The number of carbonyl (C=O) groups excluding carboxylic acids is 1. The quantitative estimate of drug-likeness (QED) is 0.539. The molecule has 0 saturated heterocycles. The van der Waals surface area contributed by atoms with Gasteiger partial charge in [-0.2, -0.15) is 0 Å². The summed E-state index contributed by atoms with van der Waals surface area (Å²) in [5.41, 5.74) is 0. The number of aliphatic hydroxyl groups is 2. The Balaban J connectivity index is 3.34. The van der Waals surface area contributed by atoms with Crippen molar-refractivity contribution in [1.82, 2.24) is 5.32 Å². The first kappa shape index (κ1) is 12.2. The second-order valence-corrected chi connectivity index (χ2v) is 2.86. The molecule has 0 bridgehead atoms. The van der Waals surface area contributed by atoms with Gasteiger partial charge in [0.15, 0.2) is 0 Å². The number of alkyl carbamates (subject to hydrolysis) is 1. The van der Waals surface area contributed by atoms with Gasteiger partial charge in [-0.3, -0.25) is 0 Å². The second-order valence-electron chi connectivity index (χ2n) is 2.86. The summed E-state index contributed by atoms with van der Waals surface area (Å²) in [5, 5.41) is 19.4. The van der Waals surface area contributed by atoms with Gasteiger partial charge in [-0.05, 0) is 12.3 Å². The number of aliphatic hydroxyl groups excluding tert-OH is 2. The van der Waals surface area contributed by atoms with Crippen molar-refractivity contribution < 1.29 is 19.7 Å². The standard InChI is InChI=1S/C8H17NO4/c1-7(2-3-10)6-9-8(12)13-5-4-11/h7,10-11H,2-6H2,1H3,(H,9,12). The zero-order valence-electron chi connectivity index (χ0n) is 7.82. The van der Waals surface area contributed by atoms with E-state index in [2.05, 4.69) is 10.1 Å². The minimum Gasteiger partial charge on any atom is -0.447 e. The van der Waals surface area contributed by atoms with Gasteiger partial charge in [0.25, 0.3) is 0 Å². The topological polar surface area (TPSA) is 78.8 Å². The van der Waals surface area contributed by atoms with Gasteiger partial charge < -0.3 is 20.3 Å². The average Bonchev–Trinajstić information content (AvgIpc) is 2.12. The Morgan fingerprint density at radius 3 is 2.69 bits per heavy atom. The summed E-state index contributed by atoms with van der Waals surface area (Å²) in [4.78, 5) is 10.8. The molecule has 13 heavy (non-hydrogen) atoms. The number of carbonyl (C=O) groups is 1. The molecule has 0 heterocycles. The zero-order valence-corrected chi connectivity index (χ0v) is 7.82. The molecule has 3 N–H and O–H groups in total. The number of hydrogen-bond acceptors (Lipinski definition) is 4. The van der Waals surface area contributed by atoms with Crippen LogP contribution < -0.4 is 5.32 Å². The van der Waals surface area contributed by atoms with Crippen LogP contribution in [-0.4, -0.2) is 42.7 Å². The maximum atomic E-state index is 10.8. The third-order valence-electron chi connectivity index (χ3n) is 1.54. The molecular weight excluding hydrogens is 174 g/mol. The molecule has 0 spiro atoms. The second kappa shape index (κ2) is 7.82. The first-order valence-corrected chi connectivity index (χ1v) is 4.33. The van der Waals surface area contributed by atoms with Crippen molar-refractivity contribution in [3.63, 3.8) is 0 Å². The molecule has 1 unspecified atom stereocenters. The van der Waals surface area contributed by atoms with E-state index >= 15 is 0 Å². The molecular formula is C8H17NO4. The van der Waals surface area contributed by atoms with E-state index in [1.807, 2.05) is 6.92 Å². The minimum atomic E-state index is -0.529. The van der Waals surface area contributed by atoms with E-state index in [0.29, 0.717) is 13.0 Å². The maximum absolute atomic E-state index is 10.8. The molecule has 0 aromatic rings. The highest BCUT2D eigenvalue weighted by atomic mass is 16.6. The Morgan fingerprint density at radius 2 is 2.15 bits per heavy atom. The van der Waals surface area contributed by atoms with Crippen molar-refractivity contribution >= 4 is 6.09 Å². The molecule has 1 atom stereocenters. The third-order valence-corrected chi connectivity index (χ3v) is 1.54. The van der Waals surface area contributed by atoms with Crippen molar-refractivity contribution in [1.29, 1.82) is 0 Å². The Labute approximate surface area is 77.7 Å². The summed E-state index contributed by atoms with van der Waals surface area (Å²) < 4.78 is 4.56. The molecule has 0 aliphatic carbocycles. The third kappa shape index (κ3) is 7.55. The molecule has 78 valence electrons. The van der Waals surface area contributed by atoms with Crippen LogP contribution in [0.4, 0.5) is 4.79 Å². The van der Waals surface area contributed by atoms with Gasteiger partial charge in [-0.1, -0.05) is 6.92 Å². The van der Waals surface area contributed by atoms with Gasteiger partial charge in [-0.15, -0.1) is 0 Å². The van der Waals surface area contributed by atoms with Crippen LogP contribution in [0.5, 0.6) is 0 Å². The number of nitrogens with one attached hydrogen (secondary N) is 1. The summed E-state index contributed by atoms with van der Waals surface area (Å²) >= 11 is 0. The Kier molecular flexibility index (Phi) is 7.33. The van der Waals surface area contributed by atoms with Crippen molar-refractivity contribution in [3.05, 3.63) is 0 Å². The van der Waals surface area contributed by atoms with Crippen LogP contribution in [-0.2, 0) is 4.74 Å². The zero-order chi connectivity index (χ0) is 10.1. The lowest BCUT2D eigenvalue weighted by Gasteiger charge is -2.10. The van der Waals surface area contributed by atoms with Crippen molar-refractivity contribution in [2.45, 2.75) is 13.3 Å². The molecule has 0 aliphatic heterocycles. The average molecular weight is 191 g/mol. The van der Waals surface area contributed by atoms with E-state index < -0.39 is 6.09 Å². The van der Waals surface area contributed by atoms with Crippen LogP contribution in [0.15, 0.2) is 0 Å². The smallest absolute Gasteiger partial charge is 0.407 e. The van der Waals surface area contributed by atoms with E-state index in [4.69, 9.17) is 10.2 Å². The number of hydrogen-bond donors (Lipinski definition) is 3. The Hall–Kier alpha value is -0.810. The van der Waals surface area contributed by atoms with Gasteiger partial charge in [-0.25, -0.2) is 4.79 Å². The highest BCUT2D eigenvalue weighted by molar-refractivity contribution is 5.67. The van der Waals surface area contributed by atoms with Crippen LogP contribution in [0.25, 0.3) is 0 Å². The van der Waals surface area contributed by atoms with Crippen molar-refractivity contribution in [2.24, 2.45) is 5.92 Å². The summed E-state index contributed by atoms with van der Waals surface area (Å²) in [7, 11) is 0. The molecule has 0 aliphatic rings. The predicted octanol–water partition coefficient (Wildman–Crippen LogP) is -0.277. The summed E-state index contributed by atoms with van der Waals surface area (Å²) in [6, 6.07) is 0. The first-order chi connectivity index (χ1) is 6.20. The fourth-order valence-electron chi connectivity index (χ4n) is 0.769. The van der Waals surface area contributed by atoms with Gasteiger partial charge in [0.05, 0.1) is 6.61 Å². The largest absolute Gasteiger partial charge is 0.447 e. The van der Waals surface area contributed by atoms with Crippen LogP contribution >= 0.6 is 0 Å². The molecule has 1 amide bonds. The molecule has 0 aromatic heterocycles. The lowest BCUT2D eigenvalue weighted by Crippen LogP contribution is -2.29. The lowest BCUT2D eigenvalue weighted by atomic mass is 10.1. The molecule has 0 rings (SSSR count). The SMILES string of the molecule is CC(CCO)CNC(=O)OCCO. The van der Waals surface area contributed by atoms with Crippen molar-refractivity contribution in [2.75, 3.05) is 26.4 Å². The predicted molar refractivity (Wildman–Crippen MR) is 47.3 cm³/mol. The molecule has 5 nitrogen and oxygen atoms in total. The van der Waals surface area contributed by atoms with E-state index in [-0.39, 0.29) is 25.7 Å². The summed E-state index contributed by atoms with van der Waals surface area (Å²) in [6.07, 6.45) is 0.124. The summed E-state index contributed by atoms with van der Waals surface area (Å²) in [5.74, 6) is 0.228. The monoisotopic (exact) mass is 191 g/mol. The van der Waals surface area contributed by atoms with Crippen LogP contribution in [0.3, 0.4) is 0 Å². The van der Waals surface area contributed by atoms with Crippen LogP contribution in [0, 0.1) is 5.92 Å². The van der Waals surface area contributed by atoms with E-state index in [9.17, 15) is 4.79 Å². The Morgan fingerprint density at radius 1 is 1.46 bits per heavy atom. The van der Waals surface area contributed by atoms with Gasteiger partial charge in [0.2, 0.25) is 0 Å². The normalized spacial score (nSPS) is 12.2. The molecule has 0 fully saturated rings. The van der Waals surface area contributed by atoms with Gasteiger partial charge >= 0.3 is 6.09 Å². The van der Waals surface area contributed by atoms with Crippen LogP contribution in [0.2, 0.25) is 0 Å². The molecule has 0 aromatic carbocycles. The van der Waals surface area contributed by atoms with Gasteiger partial charge in [0, 0.05) is 13.2 Å². The van der Waals surface area contributed by atoms with E-state index in [1.54, 1.807) is 0 Å². The fraction of sp³-hybridized carbons (Fsp3) is 0.875. The van der Waals surface area contributed by atoms with E-state index in [1.165, 1.54) is 0 Å². The highest BCUT2D eigenvalue weighted by Crippen LogP contribution is 1.97. The maximum Gasteiger partial charge on any atom is 0.407 e. The van der Waals surface area contributed by atoms with Gasteiger partial charge in [0.1, 0.15) is 6.61 Å².